The molecule has 1 saturated heterocycles. The van der Waals surface area contributed by atoms with Crippen LogP contribution in [-0.2, 0) is 25.2 Å². The molecule has 1 N–H and O–H groups in total. The molecular formula is C24H30F3N3O5. The number of urea groups is 1. The van der Waals surface area contributed by atoms with Crippen LogP contribution in [0.25, 0.3) is 0 Å². The lowest BCUT2D eigenvalue weighted by Gasteiger charge is -2.38. The van der Waals surface area contributed by atoms with Gasteiger partial charge in [-0.3, -0.25) is 14.6 Å². The number of alkyl halides is 3. The monoisotopic (exact) mass is 497 g/mol. The number of rotatable bonds is 7. The molecule has 1 atom stereocenters. The van der Waals surface area contributed by atoms with Crippen molar-refractivity contribution in [2.75, 3.05) is 39.9 Å². The van der Waals surface area contributed by atoms with Gasteiger partial charge in [-0.25, -0.2) is 9.59 Å². The number of amides is 2. The second-order valence-corrected chi connectivity index (χ2v) is 8.41. The summed E-state index contributed by atoms with van der Waals surface area (Å²) in [6.07, 6.45) is -3.60. The molecule has 0 saturated carbocycles. The van der Waals surface area contributed by atoms with Crippen molar-refractivity contribution in [1.29, 1.82) is 0 Å². The van der Waals surface area contributed by atoms with E-state index in [4.69, 9.17) is 9.47 Å². The molecule has 1 aromatic carbocycles. The van der Waals surface area contributed by atoms with E-state index in [9.17, 15) is 27.6 Å². The van der Waals surface area contributed by atoms with E-state index in [1.165, 1.54) is 30.1 Å². The highest BCUT2D eigenvalue weighted by molar-refractivity contribution is 5.95. The minimum atomic E-state index is -4.68. The lowest BCUT2D eigenvalue weighted by atomic mass is 9.90. The van der Waals surface area contributed by atoms with Gasteiger partial charge in [-0.05, 0) is 51.4 Å². The summed E-state index contributed by atoms with van der Waals surface area (Å²) in [5.74, 6) is -1.28. The lowest BCUT2D eigenvalue weighted by molar-refractivity contribution is -0.149. The third-order valence-electron chi connectivity index (χ3n) is 6.23. The van der Waals surface area contributed by atoms with E-state index in [0.717, 1.165) is 6.07 Å². The van der Waals surface area contributed by atoms with Crippen molar-refractivity contribution >= 4 is 18.0 Å². The molecular weight excluding hydrogens is 467 g/mol. The number of likely N-dealkylation sites (tertiary alicyclic amines) is 1. The van der Waals surface area contributed by atoms with E-state index in [2.05, 4.69) is 5.32 Å². The van der Waals surface area contributed by atoms with Crippen LogP contribution in [0, 0.1) is 5.92 Å². The Kier molecular flexibility index (Phi) is 8.42. The molecule has 0 radical (unpaired) electrons. The van der Waals surface area contributed by atoms with Gasteiger partial charge in [0.1, 0.15) is 0 Å². The summed E-state index contributed by atoms with van der Waals surface area (Å²) in [7, 11) is 1.46. The Balaban J connectivity index is 1.98. The molecule has 1 unspecified atom stereocenters. The average molecular weight is 498 g/mol. The number of carbonyl (C=O) groups is 3. The number of nitrogens with zero attached hydrogens (tertiary/aromatic N) is 2. The summed E-state index contributed by atoms with van der Waals surface area (Å²) in [5, 5.41) is 2.54. The molecule has 2 aliphatic heterocycles. The number of nitrogens with one attached hydrogen (secondary N) is 1. The van der Waals surface area contributed by atoms with Gasteiger partial charge in [-0.1, -0.05) is 18.2 Å². The number of hydrogen-bond acceptors (Lipinski definition) is 6. The van der Waals surface area contributed by atoms with Crippen molar-refractivity contribution in [2.45, 2.75) is 38.9 Å². The fourth-order valence-corrected chi connectivity index (χ4v) is 4.44. The maximum atomic E-state index is 13.8. The van der Waals surface area contributed by atoms with Crippen molar-refractivity contribution < 1.29 is 37.0 Å². The van der Waals surface area contributed by atoms with Crippen LogP contribution in [0.2, 0.25) is 0 Å². The predicted octanol–water partition coefficient (Wildman–Crippen LogP) is 3.49. The number of esters is 2. The first-order valence-electron chi connectivity index (χ1n) is 11.6. The van der Waals surface area contributed by atoms with Crippen LogP contribution in [0.1, 0.15) is 43.9 Å². The Labute approximate surface area is 202 Å². The first-order chi connectivity index (χ1) is 16.6. The first-order valence-corrected chi connectivity index (χ1v) is 11.6. The molecule has 2 aliphatic rings. The Hall–Kier alpha value is -3.08. The molecule has 2 amide bonds. The minimum Gasteiger partial charge on any atom is -0.466 e. The summed E-state index contributed by atoms with van der Waals surface area (Å²) in [4.78, 5) is 41.1. The van der Waals surface area contributed by atoms with Crippen molar-refractivity contribution in [3.63, 3.8) is 0 Å². The highest BCUT2D eigenvalue weighted by Gasteiger charge is 2.42. The second kappa shape index (κ2) is 11.1. The van der Waals surface area contributed by atoms with Crippen LogP contribution in [0.15, 0.2) is 35.5 Å². The van der Waals surface area contributed by atoms with Crippen LogP contribution in [0.3, 0.4) is 0 Å². The predicted molar refractivity (Wildman–Crippen MR) is 120 cm³/mol. The number of ether oxygens (including phenoxy) is 2. The summed E-state index contributed by atoms with van der Waals surface area (Å²) >= 11 is 0. The van der Waals surface area contributed by atoms with Gasteiger partial charge in [-0.2, -0.15) is 13.2 Å². The smallest absolute Gasteiger partial charge is 0.416 e. The lowest BCUT2D eigenvalue weighted by Crippen LogP contribution is -2.50. The first kappa shape index (κ1) is 26.5. The molecule has 35 heavy (non-hydrogen) atoms. The zero-order valence-electron chi connectivity index (χ0n) is 20.0. The molecule has 1 fully saturated rings. The van der Waals surface area contributed by atoms with E-state index >= 15 is 0 Å². The standard InChI is InChI=1S/C24H30F3N3O5/c1-4-34-21(31)15-10-12-30(13-11-15)14-18-19(22(32)35-5-2)20(28-23(33)29(18)3)16-8-6-7-9-17(16)24(25,26)27/h6-9,15,20H,4-5,10-14H2,1-3H3,(H,28,33). The number of piperidine rings is 1. The molecule has 192 valence electrons. The van der Waals surface area contributed by atoms with Crippen LogP contribution in [0.4, 0.5) is 18.0 Å². The number of hydrogen-bond donors (Lipinski definition) is 1. The number of carbonyl (C=O) groups excluding carboxylic acids is 3. The molecule has 1 aromatic rings. The SMILES string of the molecule is CCOC(=O)C1=C(CN2CCC(C(=O)OCC)CC2)N(C)C(=O)NC1c1ccccc1C(F)(F)F. The van der Waals surface area contributed by atoms with E-state index in [1.54, 1.807) is 13.8 Å². The molecule has 8 nitrogen and oxygen atoms in total. The molecule has 3 rings (SSSR count). The second-order valence-electron chi connectivity index (χ2n) is 8.41. The van der Waals surface area contributed by atoms with E-state index in [0.29, 0.717) is 32.5 Å². The van der Waals surface area contributed by atoms with Crippen molar-refractivity contribution in [3.05, 3.63) is 46.7 Å². The van der Waals surface area contributed by atoms with Crippen LogP contribution >= 0.6 is 0 Å². The van der Waals surface area contributed by atoms with Gasteiger partial charge < -0.3 is 14.8 Å². The average Bonchev–Trinajstić information content (AvgIpc) is 2.82. The van der Waals surface area contributed by atoms with Gasteiger partial charge in [0.15, 0.2) is 0 Å². The zero-order chi connectivity index (χ0) is 25.8. The Morgan fingerprint density at radius 2 is 1.71 bits per heavy atom. The third-order valence-corrected chi connectivity index (χ3v) is 6.23. The highest BCUT2D eigenvalue weighted by Crippen LogP contribution is 2.39. The van der Waals surface area contributed by atoms with E-state index < -0.39 is 29.8 Å². The summed E-state index contributed by atoms with van der Waals surface area (Å²) < 4.78 is 51.6. The van der Waals surface area contributed by atoms with E-state index in [1.807, 2.05) is 4.90 Å². The third kappa shape index (κ3) is 5.95. The fourth-order valence-electron chi connectivity index (χ4n) is 4.44. The van der Waals surface area contributed by atoms with Crippen molar-refractivity contribution in [2.24, 2.45) is 5.92 Å². The van der Waals surface area contributed by atoms with Gasteiger partial charge >= 0.3 is 24.1 Å². The number of likely N-dealkylation sites (N-methyl/N-ethyl adjacent to an activating group) is 1. The maximum Gasteiger partial charge on any atom is 0.416 e. The Morgan fingerprint density at radius 1 is 1.09 bits per heavy atom. The topological polar surface area (TPSA) is 88.2 Å². The molecule has 0 aromatic heterocycles. The highest BCUT2D eigenvalue weighted by atomic mass is 19.4. The molecule has 0 bridgehead atoms. The van der Waals surface area contributed by atoms with Crippen molar-refractivity contribution in [1.82, 2.24) is 15.1 Å². The summed E-state index contributed by atoms with van der Waals surface area (Å²) in [6.45, 7) is 4.81. The van der Waals surface area contributed by atoms with Crippen LogP contribution in [-0.4, -0.2) is 67.7 Å². The number of benzene rings is 1. The quantitative estimate of drug-likeness (QED) is 0.581. The van der Waals surface area contributed by atoms with Gasteiger partial charge in [0.05, 0.1) is 36.3 Å². The van der Waals surface area contributed by atoms with Gasteiger partial charge in [0.2, 0.25) is 0 Å². The van der Waals surface area contributed by atoms with Crippen LogP contribution in [0.5, 0.6) is 0 Å². The van der Waals surface area contributed by atoms with E-state index in [-0.39, 0.29) is 41.9 Å². The molecule has 0 aliphatic carbocycles. The zero-order valence-corrected chi connectivity index (χ0v) is 20.0. The molecule has 2 heterocycles. The van der Waals surface area contributed by atoms with Crippen molar-refractivity contribution in [3.8, 4) is 0 Å². The molecule has 0 spiro atoms. The van der Waals surface area contributed by atoms with Gasteiger partial charge in [-0.15, -0.1) is 0 Å². The Morgan fingerprint density at radius 3 is 2.31 bits per heavy atom. The normalized spacial score (nSPS) is 20.0. The minimum absolute atomic E-state index is 0.0197. The largest absolute Gasteiger partial charge is 0.466 e. The maximum absolute atomic E-state index is 13.8. The Bertz CT molecular complexity index is 987. The number of halogens is 3. The van der Waals surface area contributed by atoms with Crippen LogP contribution < -0.4 is 5.32 Å². The van der Waals surface area contributed by atoms with Gasteiger partial charge in [0, 0.05) is 19.3 Å². The summed E-state index contributed by atoms with van der Waals surface area (Å²) in [5.41, 5.74) is -0.948. The van der Waals surface area contributed by atoms with Gasteiger partial charge in [0.25, 0.3) is 0 Å². The molecule has 11 heteroatoms. The summed E-state index contributed by atoms with van der Waals surface area (Å²) in [6, 6.07) is 2.89. The fraction of sp³-hybridized carbons (Fsp3) is 0.542.